The molecule has 0 aliphatic heterocycles. The second-order valence-corrected chi connectivity index (χ2v) is 5.29. The summed E-state index contributed by atoms with van der Waals surface area (Å²) >= 11 is 5.75. The number of imidazole rings is 1. The smallest absolute Gasteiger partial charge is 0.242 e. The van der Waals surface area contributed by atoms with Crippen molar-refractivity contribution in [3.63, 3.8) is 0 Å². The quantitative estimate of drug-likeness (QED) is 0.757. The van der Waals surface area contributed by atoms with E-state index in [1.807, 2.05) is 47.1 Å². The molecule has 3 rings (SSSR count). The zero-order valence-corrected chi connectivity index (χ0v) is 12.1. The molecule has 2 heterocycles. The number of nitrogens with one attached hydrogen (secondary N) is 1. The molecule has 1 amide bonds. The molecule has 0 aliphatic rings. The van der Waals surface area contributed by atoms with Gasteiger partial charge in [-0.1, -0.05) is 12.1 Å². The third kappa shape index (κ3) is 2.87. The highest BCUT2D eigenvalue weighted by atomic mass is 35.5. The van der Waals surface area contributed by atoms with Gasteiger partial charge < -0.3 is 5.32 Å². The number of carbonyl (C=O) groups excluding carboxylic acids is 1. The van der Waals surface area contributed by atoms with E-state index in [0.29, 0.717) is 11.5 Å². The van der Waals surface area contributed by atoms with Gasteiger partial charge in [0, 0.05) is 29.8 Å². The molecular formula is C15H13ClN4O. The van der Waals surface area contributed by atoms with Gasteiger partial charge in [-0.2, -0.15) is 0 Å². The Morgan fingerprint density at radius 1 is 1.38 bits per heavy atom. The molecule has 0 spiro atoms. The average Bonchev–Trinajstić information content (AvgIpc) is 2.91. The fourth-order valence-electron chi connectivity index (χ4n) is 1.97. The first kappa shape index (κ1) is 13.6. The van der Waals surface area contributed by atoms with Crippen molar-refractivity contribution in [2.45, 2.75) is 12.3 Å². The van der Waals surface area contributed by atoms with E-state index in [-0.39, 0.29) is 5.91 Å². The van der Waals surface area contributed by atoms with Gasteiger partial charge in [0.25, 0.3) is 0 Å². The first-order valence-electron chi connectivity index (χ1n) is 6.48. The molecule has 0 bridgehead atoms. The molecule has 0 aliphatic carbocycles. The summed E-state index contributed by atoms with van der Waals surface area (Å²) in [6.45, 7) is 1.63. The number of amides is 1. The lowest BCUT2D eigenvalue weighted by molar-refractivity contribution is -0.115. The third-order valence-corrected chi connectivity index (χ3v) is 3.22. The Morgan fingerprint density at radius 3 is 3.00 bits per heavy atom. The van der Waals surface area contributed by atoms with Crippen LogP contribution < -0.4 is 5.32 Å². The minimum atomic E-state index is -0.576. The third-order valence-electron chi connectivity index (χ3n) is 3.02. The van der Waals surface area contributed by atoms with Crippen LogP contribution in [0.1, 0.15) is 6.92 Å². The van der Waals surface area contributed by atoms with Gasteiger partial charge in [0.2, 0.25) is 11.7 Å². The molecule has 0 saturated heterocycles. The number of carbonyl (C=O) groups is 1. The fraction of sp³-hybridized carbons (Fsp3) is 0.133. The van der Waals surface area contributed by atoms with Crippen LogP contribution in [0.3, 0.4) is 0 Å². The molecule has 1 atom stereocenters. The Labute approximate surface area is 126 Å². The first-order valence-corrected chi connectivity index (χ1v) is 6.92. The average molecular weight is 301 g/mol. The van der Waals surface area contributed by atoms with Crippen LogP contribution in [0.25, 0.3) is 17.0 Å². The van der Waals surface area contributed by atoms with Crippen LogP contribution in [0, 0.1) is 0 Å². The van der Waals surface area contributed by atoms with E-state index in [1.165, 1.54) is 0 Å². The van der Waals surface area contributed by atoms with Crippen molar-refractivity contribution in [1.82, 2.24) is 14.4 Å². The molecule has 3 aromatic rings. The lowest BCUT2D eigenvalue weighted by Crippen LogP contribution is -2.20. The molecule has 2 aromatic heterocycles. The second kappa shape index (κ2) is 5.54. The largest absolute Gasteiger partial charge is 0.325 e. The number of nitrogens with zero attached hydrogens (tertiary/aromatic N) is 3. The number of halogens is 1. The zero-order chi connectivity index (χ0) is 14.8. The maximum absolute atomic E-state index is 11.6. The molecule has 1 aromatic carbocycles. The van der Waals surface area contributed by atoms with Gasteiger partial charge in [-0.3, -0.25) is 9.20 Å². The predicted molar refractivity (Wildman–Crippen MR) is 82.4 cm³/mol. The monoisotopic (exact) mass is 300 g/mol. The van der Waals surface area contributed by atoms with E-state index >= 15 is 0 Å². The molecule has 1 unspecified atom stereocenters. The molecule has 106 valence electrons. The number of rotatable bonds is 3. The number of alkyl halides is 1. The number of fused-ring (bicyclic) bond motifs is 1. The maximum Gasteiger partial charge on any atom is 0.242 e. The number of hydrogen-bond acceptors (Lipinski definition) is 3. The van der Waals surface area contributed by atoms with Crippen LogP contribution in [-0.2, 0) is 4.79 Å². The highest BCUT2D eigenvalue weighted by Gasteiger charge is 2.10. The van der Waals surface area contributed by atoms with Crippen molar-refractivity contribution >= 4 is 29.0 Å². The van der Waals surface area contributed by atoms with Crippen molar-refractivity contribution in [2.24, 2.45) is 0 Å². The summed E-state index contributed by atoms with van der Waals surface area (Å²) in [5, 5.41) is 2.19. The summed E-state index contributed by atoms with van der Waals surface area (Å²) in [5.41, 5.74) is 2.39. The fourth-order valence-corrected chi connectivity index (χ4v) is 2.02. The van der Waals surface area contributed by atoms with Gasteiger partial charge in [-0.25, -0.2) is 9.97 Å². The van der Waals surface area contributed by atoms with Gasteiger partial charge in [0.05, 0.1) is 5.69 Å². The summed E-state index contributed by atoms with van der Waals surface area (Å²) < 4.78 is 1.85. The Morgan fingerprint density at radius 2 is 2.24 bits per heavy atom. The van der Waals surface area contributed by atoms with E-state index in [0.717, 1.165) is 11.3 Å². The van der Waals surface area contributed by atoms with Crippen molar-refractivity contribution in [3.05, 3.63) is 48.9 Å². The summed E-state index contributed by atoms with van der Waals surface area (Å²) in [4.78, 5) is 20.3. The summed E-state index contributed by atoms with van der Waals surface area (Å²) in [6.07, 6.45) is 5.48. The van der Waals surface area contributed by atoms with E-state index < -0.39 is 5.38 Å². The Bertz CT molecular complexity index is 764. The van der Waals surface area contributed by atoms with Crippen LogP contribution in [-0.4, -0.2) is 25.7 Å². The van der Waals surface area contributed by atoms with E-state index in [9.17, 15) is 4.79 Å². The molecule has 21 heavy (non-hydrogen) atoms. The summed E-state index contributed by atoms with van der Waals surface area (Å²) in [7, 11) is 0. The van der Waals surface area contributed by atoms with Crippen molar-refractivity contribution in [1.29, 1.82) is 0 Å². The van der Waals surface area contributed by atoms with Gasteiger partial charge in [0.15, 0.2) is 0 Å². The SMILES string of the molecule is CC(Cl)C(=O)Nc1cccc(-c2cn3cccnc3n2)c1. The first-order chi connectivity index (χ1) is 10.1. The molecule has 6 heteroatoms. The lowest BCUT2D eigenvalue weighted by atomic mass is 10.1. The maximum atomic E-state index is 11.6. The predicted octanol–water partition coefficient (Wildman–Crippen LogP) is 2.96. The number of hydrogen-bond donors (Lipinski definition) is 1. The van der Waals surface area contributed by atoms with Gasteiger partial charge in [-0.05, 0) is 25.1 Å². The Balaban J connectivity index is 1.93. The lowest BCUT2D eigenvalue weighted by Gasteiger charge is -2.07. The standard InChI is InChI=1S/C15H13ClN4O/c1-10(16)14(21)18-12-5-2-4-11(8-12)13-9-20-7-3-6-17-15(20)19-13/h2-10H,1H3,(H,18,21). The summed E-state index contributed by atoms with van der Waals surface area (Å²) in [5.74, 6) is 0.404. The van der Waals surface area contributed by atoms with E-state index in [1.54, 1.807) is 13.1 Å². The second-order valence-electron chi connectivity index (χ2n) is 4.64. The van der Waals surface area contributed by atoms with E-state index in [4.69, 9.17) is 11.6 Å². The van der Waals surface area contributed by atoms with Crippen molar-refractivity contribution < 1.29 is 4.79 Å². The number of benzene rings is 1. The van der Waals surface area contributed by atoms with Crippen LogP contribution in [0.4, 0.5) is 5.69 Å². The molecule has 0 saturated carbocycles. The van der Waals surface area contributed by atoms with Crippen molar-refractivity contribution in [3.8, 4) is 11.3 Å². The molecule has 5 nitrogen and oxygen atoms in total. The highest BCUT2D eigenvalue weighted by molar-refractivity contribution is 6.32. The van der Waals surface area contributed by atoms with Crippen molar-refractivity contribution in [2.75, 3.05) is 5.32 Å². The van der Waals surface area contributed by atoms with Crippen LogP contribution in [0.15, 0.2) is 48.9 Å². The van der Waals surface area contributed by atoms with Crippen LogP contribution >= 0.6 is 11.6 Å². The highest BCUT2D eigenvalue weighted by Crippen LogP contribution is 2.22. The van der Waals surface area contributed by atoms with Gasteiger partial charge in [-0.15, -0.1) is 11.6 Å². The zero-order valence-electron chi connectivity index (χ0n) is 11.3. The van der Waals surface area contributed by atoms with Gasteiger partial charge in [0.1, 0.15) is 5.38 Å². The molecular weight excluding hydrogens is 288 g/mol. The van der Waals surface area contributed by atoms with Crippen LogP contribution in [0.5, 0.6) is 0 Å². The normalized spacial score (nSPS) is 12.3. The van der Waals surface area contributed by atoms with E-state index in [2.05, 4.69) is 15.3 Å². The summed E-state index contributed by atoms with van der Waals surface area (Å²) in [6, 6.07) is 9.31. The molecule has 0 radical (unpaired) electrons. The minimum absolute atomic E-state index is 0.231. The van der Waals surface area contributed by atoms with Gasteiger partial charge >= 0.3 is 0 Å². The molecule has 1 N–H and O–H groups in total. The number of aromatic nitrogens is 3. The van der Waals surface area contributed by atoms with Crippen LogP contribution in [0.2, 0.25) is 0 Å². The molecule has 0 fully saturated rings. The Hall–Kier alpha value is -2.40. The number of anilines is 1. The Kier molecular flexibility index (Phi) is 3.58. The minimum Gasteiger partial charge on any atom is -0.325 e. The topological polar surface area (TPSA) is 59.3 Å².